The van der Waals surface area contributed by atoms with Crippen LogP contribution in [-0.2, 0) is 4.79 Å². The van der Waals surface area contributed by atoms with E-state index in [9.17, 15) is 4.79 Å². The highest BCUT2D eigenvalue weighted by atomic mass is 127. The third-order valence-electron chi connectivity index (χ3n) is 5.05. The van der Waals surface area contributed by atoms with Crippen molar-refractivity contribution in [3.63, 3.8) is 0 Å². The number of nitrogens with zero attached hydrogens (tertiary/aromatic N) is 3. The van der Waals surface area contributed by atoms with Gasteiger partial charge < -0.3 is 15.5 Å². The summed E-state index contributed by atoms with van der Waals surface area (Å²) in [5.41, 5.74) is 0. The third-order valence-corrected chi connectivity index (χ3v) is 5.05. The molecule has 0 aromatic carbocycles. The lowest BCUT2D eigenvalue weighted by molar-refractivity contribution is -0.130. The number of guanidine groups is 1. The van der Waals surface area contributed by atoms with Crippen LogP contribution in [-0.4, -0.2) is 73.5 Å². The van der Waals surface area contributed by atoms with Crippen LogP contribution in [0.25, 0.3) is 0 Å². The number of carbonyl (C=O) groups excluding carboxylic acids is 1. The molecular weight excluding hydrogens is 441 g/mol. The summed E-state index contributed by atoms with van der Waals surface area (Å²) in [7, 11) is 0. The largest absolute Gasteiger partial charge is 0.357 e. The average molecular weight is 481 g/mol. The number of hydrogen-bond acceptors (Lipinski definition) is 3. The maximum absolute atomic E-state index is 12.1. The Morgan fingerprint density at radius 1 is 1.19 bits per heavy atom. The summed E-state index contributed by atoms with van der Waals surface area (Å²) < 4.78 is 0. The van der Waals surface area contributed by atoms with Crippen LogP contribution in [0, 0.1) is 5.92 Å². The predicted octanol–water partition coefficient (Wildman–Crippen LogP) is 2.54. The van der Waals surface area contributed by atoms with Gasteiger partial charge in [-0.25, -0.2) is 0 Å². The van der Waals surface area contributed by atoms with Gasteiger partial charge in [-0.3, -0.25) is 14.7 Å². The van der Waals surface area contributed by atoms with Gasteiger partial charge >= 0.3 is 0 Å². The van der Waals surface area contributed by atoms with Gasteiger partial charge in [0.15, 0.2) is 5.96 Å². The van der Waals surface area contributed by atoms with E-state index in [0.29, 0.717) is 19.0 Å². The van der Waals surface area contributed by atoms with Crippen LogP contribution in [0.15, 0.2) is 4.99 Å². The van der Waals surface area contributed by atoms with Crippen LogP contribution >= 0.6 is 24.0 Å². The quantitative estimate of drug-likeness (QED) is 0.302. The number of amides is 1. The number of piperidine rings is 1. The SMILES string of the molecule is CCNC(=NCC(C)N1CCC(C)CC1)NCCC(=O)N(CC)CC.I. The monoisotopic (exact) mass is 481 g/mol. The minimum absolute atomic E-state index is 0. The molecule has 0 spiro atoms. The lowest BCUT2D eigenvalue weighted by Crippen LogP contribution is -2.43. The molecule has 0 bridgehead atoms. The third kappa shape index (κ3) is 9.39. The Hall–Kier alpha value is -0.570. The molecule has 0 aromatic rings. The van der Waals surface area contributed by atoms with E-state index in [1.807, 2.05) is 18.7 Å². The van der Waals surface area contributed by atoms with Gasteiger partial charge in [-0.15, -0.1) is 24.0 Å². The minimum Gasteiger partial charge on any atom is -0.357 e. The van der Waals surface area contributed by atoms with Crippen molar-refractivity contribution in [1.82, 2.24) is 20.4 Å². The van der Waals surface area contributed by atoms with Crippen molar-refractivity contribution < 1.29 is 4.79 Å². The Morgan fingerprint density at radius 3 is 2.35 bits per heavy atom. The zero-order valence-corrected chi connectivity index (χ0v) is 19.7. The summed E-state index contributed by atoms with van der Waals surface area (Å²) >= 11 is 0. The molecule has 6 nitrogen and oxygen atoms in total. The second-order valence-electron chi connectivity index (χ2n) is 7.03. The first kappa shape index (κ1) is 25.4. The van der Waals surface area contributed by atoms with Crippen LogP contribution in [0.4, 0.5) is 0 Å². The Bertz CT molecular complexity index is 407. The Kier molecular flexibility index (Phi) is 14.2. The highest BCUT2D eigenvalue weighted by Gasteiger charge is 2.20. The Balaban J connectivity index is 0.00000625. The van der Waals surface area contributed by atoms with E-state index in [4.69, 9.17) is 4.99 Å². The Morgan fingerprint density at radius 2 is 1.81 bits per heavy atom. The zero-order valence-electron chi connectivity index (χ0n) is 17.4. The van der Waals surface area contributed by atoms with E-state index in [1.165, 1.54) is 25.9 Å². The summed E-state index contributed by atoms with van der Waals surface area (Å²) in [6.45, 7) is 16.8. The number of rotatable bonds is 9. The van der Waals surface area contributed by atoms with Crippen molar-refractivity contribution >= 4 is 35.8 Å². The molecule has 0 radical (unpaired) electrons. The molecule has 1 atom stereocenters. The second kappa shape index (κ2) is 14.5. The fourth-order valence-corrected chi connectivity index (χ4v) is 3.17. The van der Waals surface area contributed by atoms with Gasteiger partial charge in [0.2, 0.25) is 5.91 Å². The molecule has 1 unspecified atom stereocenters. The highest BCUT2D eigenvalue weighted by Crippen LogP contribution is 2.17. The van der Waals surface area contributed by atoms with Gasteiger partial charge in [0.05, 0.1) is 6.54 Å². The predicted molar refractivity (Wildman–Crippen MR) is 121 cm³/mol. The van der Waals surface area contributed by atoms with E-state index in [1.54, 1.807) is 0 Å². The van der Waals surface area contributed by atoms with Crippen LogP contribution in [0.1, 0.15) is 53.9 Å². The van der Waals surface area contributed by atoms with Crippen molar-refractivity contribution in [1.29, 1.82) is 0 Å². The zero-order chi connectivity index (χ0) is 18.7. The fraction of sp³-hybridized carbons (Fsp3) is 0.895. The van der Waals surface area contributed by atoms with Gasteiger partial charge in [-0.05, 0) is 59.5 Å². The summed E-state index contributed by atoms with van der Waals surface area (Å²) in [4.78, 5) is 21.2. The van der Waals surface area contributed by atoms with Crippen molar-refractivity contribution in [2.45, 2.75) is 59.9 Å². The number of likely N-dealkylation sites (tertiary alicyclic amines) is 1. The van der Waals surface area contributed by atoms with E-state index in [-0.39, 0.29) is 29.9 Å². The molecule has 0 aliphatic carbocycles. The molecule has 0 aromatic heterocycles. The normalized spacial score (nSPS) is 17.3. The van der Waals surface area contributed by atoms with Gasteiger partial charge in [0, 0.05) is 38.6 Å². The van der Waals surface area contributed by atoms with Crippen molar-refractivity contribution in [3.8, 4) is 0 Å². The molecule has 2 N–H and O–H groups in total. The molecule has 1 aliphatic rings. The number of halogens is 1. The molecule has 0 saturated carbocycles. The second-order valence-corrected chi connectivity index (χ2v) is 7.03. The maximum Gasteiger partial charge on any atom is 0.224 e. The van der Waals surface area contributed by atoms with E-state index in [2.05, 4.69) is 36.3 Å². The van der Waals surface area contributed by atoms with Crippen molar-refractivity contribution in [3.05, 3.63) is 0 Å². The molecule has 1 amide bonds. The first-order chi connectivity index (χ1) is 12.0. The maximum atomic E-state index is 12.1. The van der Waals surface area contributed by atoms with Crippen molar-refractivity contribution in [2.24, 2.45) is 10.9 Å². The van der Waals surface area contributed by atoms with Gasteiger partial charge in [0.25, 0.3) is 0 Å². The number of carbonyl (C=O) groups is 1. The molecule has 26 heavy (non-hydrogen) atoms. The molecule has 1 aliphatic heterocycles. The number of aliphatic imine (C=N–C) groups is 1. The van der Waals surface area contributed by atoms with E-state index in [0.717, 1.165) is 38.1 Å². The van der Waals surface area contributed by atoms with Gasteiger partial charge in [-0.2, -0.15) is 0 Å². The smallest absolute Gasteiger partial charge is 0.224 e. The standard InChI is InChI=1S/C19H39N5O.HI/c1-6-20-19(21-12-9-18(25)23(7-2)8-3)22-15-17(5)24-13-10-16(4)11-14-24;/h16-17H,6-15H2,1-5H3,(H2,20,21,22);1H. The topological polar surface area (TPSA) is 60.0 Å². The summed E-state index contributed by atoms with van der Waals surface area (Å²) in [5, 5.41) is 6.57. The minimum atomic E-state index is 0. The van der Waals surface area contributed by atoms with Crippen LogP contribution < -0.4 is 10.6 Å². The first-order valence-corrected chi connectivity index (χ1v) is 10.1. The molecule has 1 heterocycles. The molecular formula is C19H40IN5O. The lowest BCUT2D eigenvalue weighted by Gasteiger charge is -2.34. The van der Waals surface area contributed by atoms with Gasteiger partial charge in [-0.1, -0.05) is 6.92 Å². The summed E-state index contributed by atoms with van der Waals surface area (Å²) in [6, 6.07) is 0.459. The van der Waals surface area contributed by atoms with Crippen molar-refractivity contribution in [2.75, 3.05) is 45.8 Å². The van der Waals surface area contributed by atoms with Crippen LogP contribution in [0.2, 0.25) is 0 Å². The summed E-state index contributed by atoms with van der Waals surface area (Å²) in [6.07, 6.45) is 3.09. The van der Waals surface area contributed by atoms with Crippen LogP contribution in [0.3, 0.4) is 0 Å². The molecule has 1 rings (SSSR count). The Labute approximate surface area is 177 Å². The average Bonchev–Trinajstić information content (AvgIpc) is 2.61. The molecule has 1 fully saturated rings. The van der Waals surface area contributed by atoms with E-state index < -0.39 is 0 Å². The highest BCUT2D eigenvalue weighted by molar-refractivity contribution is 14.0. The summed E-state index contributed by atoms with van der Waals surface area (Å²) in [5.74, 6) is 1.87. The lowest BCUT2D eigenvalue weighted by atomic mass is 9.98. The van der Waals surface area contributed by atoms with E-state index >= 15 is 0 Å². The molecule has 1 saturated heterocycles. The molecule has 7 heteroatoms. The molecule has 154 valence electrons. The number of hydrogen-bond donors (Lipinski definition) is 2. The number of nitrogens with one attached hydrogen (secondary N) is 2. The first-order valence-electron chi connectivity index (χ1n) is 10.1. The van der Waals surface area contributed by atoms with Gasteiger partial charge in [0.1, 0.15) is 0 Å². The van der Waals surface area contributed by atoms with Crippen LogP contribution in [0.5, 0.6) is 0 Å². The fourth-order valence-electron chi connectivity index (χ4n) is 3.17.